The molecule has 2 atom stereocenters. The van der Waals surface area contributed by atoms with Crippen LogP contribution in [0.15, 0.2) is 0 Å². The molecular formula is C13H26N2O3. The molecule has 1 aliphatic rings. The van der Waals surface area contributed by atoms with Crippen LogP contribution in [0.5, 0.6) is 0 Å². The number of carbonyl (C=O) groups excluding carboxylic acids is 1. The monoisotopic (exact) mass is 258 g/mol. The molecule has 106 valence electrons. The summed E-state index contributed by atoms with van der Waals surface area (Å²) in [6.07, 6.45) is 4.03. The average molecular weight is 258 g/mol. The van der Waals surface area contributed by atoms with Crippen molar-refractivity contribution < 1.29 is 14.3 Å². The highest BCUT2D eigenvalue weighted by atomic mass is 16.6. The molecule has 1 rings (SSSR count). The normalized spacial score (nSPS) is 22.3. The Labute approximate surface area is 109 Å². The third kappa shape index (κ3) is 6.81. The fourth-order valence-electron chi connectivity index (χ4n) is 1.94. The van der Waals surface area contributed by atoms with Crippen molar-refractivity contribution in [1.82, 2.24) is 5.32 Å². The first-order chi connectivity index (χ1) is 8.37. The standard InChI is InChI=1S/C13H26N2O3/c1-13(2,3)18-12(16)15-9-10(14)8-11-6-4-5-7-17-11/h10-11H,4-9,14H2,1-3H3,(H,15,16). The molecule has 18 heavy (non-hydrogen) atoms. The number of carbonyl (C=O) groups is 1. The molecule has 0 aromatic rings. The SMILES string of the molecule is CC(C)(C)OC(=O)NCC(N)CC1CCCCO1. The minimum Gasteiger partial charge on any atom is -0.444 e. The van der Waals surface area contributed by atoms with E-state index in [-0.39, 0.29) is 12.1 Å². The van der Waals surface area contributed by atoms with Gasteiger partial charge >= 0.3 is 6.09 Å². The molecule has 0 saturated carbocycles. The zero-order valence-electron chi connectivity index (χ0n) is 11.7. The van der Waals surface area contributed by atoms with E-state index in [1.807, 2.05) is 20.8 Å². The summed E-state index contributed by atoms with van der Waals surface area (Å²) in [7, 11) is 0. The molecule has 3 N–H and O–H groups in total. The molecule has 1 fully saturated rings. The second-order valence-corrected chi connectivity index (χ2v) is 5.87. The van der Waals surface area contributed by atoms with Gasteiger partial charge in [-0.1, -0.05) is 0 Å². The van der Waals surface area contributed by atoms with Crippen LogP contribution in [0.2, 0.25) is 0 Å². The molecule has 0 aromatic heterocycles. The third-order valence-electron chi connectivity index (χ3n) is 2.75. The maximum absolute atomic E-state index is 11.4. The van der Waals surface area contributed by atoms with Crippen LogP contribution in [0.4, 0.5) is 4.79 Å². The summed E-state index contributed by atoms with van der Waals surface area (Å²) in [5.41, 5.74) is 5.49. The number of amides is 1. The Morgan fingerprint density at radius 3 is 2.78 bits per heavy atom. The summed E-state index contributed by atoms with van der Waals surface area (Å²) in [5, 5.41) is 2.69. The molecule has 2 unspecified atom stereocenters. The minimum atomic E-state index is -0.472. The number of nitrogens with two attached hydrogens (primary N) is 1. The smallest absolute Gasteiger partial charge is 0.407 e. The van der Waals surface area contributed by atoms with Gasteiger partial charge in [-0.15, -0.1) is 0 Å². The Bertz CT molecular complexity index is 257. The lowest BCUT2D eigenvalue weighted by molar-refractivity contribution is 0.00697. The van der Waals surface area contributed by atoms with Crippen LogP contribution in [0.3, 0.4) is 0 Å². The van der Waals surface area contributed by atoms with Gasteiger partial charge in [0.1, 0.15) is 5.60 Å². The zero-order chi connectivity index (χ0) is 13.6. The number of alkyl carbamates (subject to hydrolysis) is 1. The van der Waals surface area contributed by atoms with Crippen molar-refractivity contribution in [3.05, 3.63) is 0 Å². The Hall–Kier alpha value is -0.810. The van der Waals surface area contributed by atoms with E-state index in [0.29, 0.717) is 6.54 Å². The topological polar surface area (TPSA) is 73.6 Å². The van der Waals surface area contributed by atoms with Crippen molar-refractivity contribution >= 4 is 6.09 Å². The van der Waals surface area contributed by atoms with E-state index in [1.165, 1.54) is 6.42 Å². The highest BCUT2D eigenvalue weighted by molar-refractivity contribution is 5.67. The van der Waals surface area contributed by atoms with Crippen molar-refractivity contribution in [2.75, 3.05) is 13.2 Å². The molecule has 0 aliphatic carbocycles. The fourth-order valence-corrected chi connectivity index (χ4v) is 1.94. The van der Waals surface area contributed by atoms with E-state index in [9.17, 15) is 4.79 Å². The van der Waals surface area contributed by atoms with E-state index in [0.717, 1.165) is 25.9 Å². The molecule has 0 bridgehead atoms. The highest BCUT2D eigenvalue weighted by Gasteiger charge is 2.19. The van der Waals surface area contributed by atoms with Gasteiger partial charge in [0.05, 0.1) is 6.10 Å². The van der Waals surface area contributed by atoms with Crippen molar-refractivity contribution in [1.29, 1.82) is 0 Å². The van der Waals surface area contributed by atoms with Crippen LogP contribution in [-0.4, -0.2) is 37.0 Å². The quantitative estimate of drug-likeness (QED) is 0.806. The van der Waals surface area contributed by atoms with Crippen LogP contribution >= 0.6 is 0 Å². The maximum Gasteiger partial charge on any atom is 0.407 e. The Balaban J connectivity index is 2.16. The predicted octanol–water partition coefficient (Wildman–Crippen LogP) is 1.80. The molecule has 1 saturated heterocycles. The Morgan fingerprint density at radius 2 is 2.22 bits per heavy atom. The van der Waals surface area contributed by atoms with Crippen LogP contribution in [0.1, 0.15) is 46.5 Å². The molecule has 1 amide bonds. The maximum atomic E-state index is 11.4. The number of rotatable bonds is 4. The number of ether oxygens (including phenoxy) is 2. The van der Waals surface area contributed by atoms with E-state index < -0.39 is 11.7 Å². The molecule has 5 heteroatoms. The summed E-state index contributed by atoms with van der Waals surface area (Å²) < 4.78 is 10.8. The highest BCUT2D eigenvalue weighted by Crippen LogP contribution is 2.16. The lowest BCUT2D eigenvalue weighted by Crippen LogP contribution is -2.42. The largest absolute Gasteiger partial charge is 0.444 e. The predicted molar refractivity (Wildman–Crippen MR) is 70.4 cm³/mol. The minimum absolute atomic E-state index is 0.0828. The van der Waals surface area contributed by atoms with E-state index in [1.54, 1.807) is 0 Å². The van der Waals surface area contributed by atoms with Crippen molar-refractivity contribution in [2.24, 2.45) is 5.73 Å². The lowest BCUT2D eigenvalue weighted by Gasteiger charge is -2.25. The van der Waals surface area contributed by atoms with Crippen LogP contribution in [0.25, 0.3) is 0 Å². The second kappa shape index (κ2) is 6.95. The van der Waals surface area contributed by atoms with Crippen molar-refractivity contribution in [3.63, 3.8) is 0 Å². The Morgan fingerprint density at radius 1 is 1.50 bits per heavy atom. The summed E-state index contributed by atoms with van der Waals surface area (Å²) in [6, 6.07) is -0.0828. The summed E-state index contributed by atoms with van der Waals surface area (Å²) in [4.78, 5) is 11.4. The van der Waals surface area contributed by atoms with E-state index >= 15 is 0 Å². The molecule has 1 heterocycles. The van der Waals surface area contributed by atoms with Crippen LogP contribution < -0.4 is 11.1 Å². The van der Waals surface area contributed by atoms with Crippen LogP contribution in [-0.2, 0) is 9.47 Å². The van der Waals surface area contributed by atoms with Crippen molar-refractivity contribution in [3.8, 4) is 0 Å². The van der Waals surface area contributed by atoms with Gasteiger partial charge in [0.2, 0.25) is 0 Å². The van der Waals surface area contributed by atoms with Crippen LogP contribution in [0, 0.1) is 0 Å². The van der Waals surface area contributed by atoms with Crippen molar-refractivity contribution in [2.45, 2.75) is 64.2 Å². The molecule has 0 spiro atoms. The number of nitrogens with one attached hydrogen (secondary N) is 1. The molecule has 1 aliphatic heterocycles. The first-order valence-corrected chi connectivity index (χ1v) is 6.71. The fraction of sp³-hybridized carbons (Fsp3) is 0.923. The third-order valence-corrected chi connectivity index (χ3v) is 2.75. The van der Waals surface area contributed by atoms with Gasteiger partial charge in [-0.25, -0.2) is 4.79 Å². The first kappa shape index (κ1) is 15.2. The summed E-state index contributed by atoms with van der Waals surface area (Å²) in [5.74, 6) is 0. The van der Waals surface area contributed by atoms with Gasteiger partial charge in [0.15, 0.2) is 0 Å². The molecular weight excluding hydrogens is 232 g/mol. The second-order valence-electron chi connectivity index (χ2n) is 5.87. The number of hydrogen-bond donors (Lipinski definition) is 2. The summed E-state index contributed by atoms with van der Waals surface area (Å²) in [6.45, 7) is 6.76. The Kier molecular flexibility index (Phi) is 5.88. The van der Waals surface area contributed by atoms with Gasteiger partial charge in [0, 0.05) is 19.2 Å². The van der Waals surface area contributed by atoms with Gasteiger partial charge in [-0.2, -0.15) is 0 Å². The summed E-state index contributed by atoms with van der Waals surface area (Å²) >= 11 is 0. The van der Waals surface area contributed by atoms with Gasteiger partial charge in [-0.3, -0.25) is 0 Å². The van der Waals surface area contributed by atoms with Gasteiger partial charge in [0.25, 0.3) is 0 Å². The number of hydrogen-bond acceptors (Lipinski definition) is 4. The molecule has 0 radical (unpaired) electrons. The molecule has 5 nitrogen and oxygen atoms in total. The van der Waals surface area contributed by atoms with Gasteiger partial charge in [-0.05, 0) is 46.5 Å². The van der Waals surface area contributed by atoms with E-state index in [2.05, 4.69) is 5.32 Å². The van der Waals surface area contributed by atoms with Gasteiger partial charge < -0.3 is 20.5 Å². The first-order valence-electron chi connectivity index (χ1n) is 6.71. The lowest BCUT2D eigenvalue weighted by atomic mass is 10.0. The molecule has 0 aromatic carbocycles. The average Bonchev–Trinajstić information content (AvgIpc) is 2.25. The zero-order valence-corrected chi connectivity index (χ0v) is 11.7. The van der Waals surface area contributed by atoms with E-state index in [4.69, 9.17) is 15.2 Å².